The second-order valence-corrected chi connectivity index (χ2v) is 5.39. The van der Waals surface area contributed by atoms with E-state index in [0.29, 0.717) is 16.1 Å². The normalized spacial score (nSPS) is 10.7. The molecule has 1 heterocycles. The van der Waals surface area contributed by atoms with Crippen LogP contribution in [0.15, 0.2) is 29.3 Å². The van der Waals surface area contributed by atoms with Gasteiger partial charge in [0.05, 0.1) is 10.5 Å². The van der Waals surface area contributed by atoms with Crippen molar-refractivity contribution >= 4 is 28.2 Å². The van der Waals surface area contributed by atoms with Crippen molar-refractivity contribution in [2.75, 3.05) is 0 Å². The van der Waals surface area contributed by atoms with Crippen molar-refractivity contribution in [2.45, 2.75) is 13.8 Å². The van der Waals surface area contributed by atoms with Gasteiger partial charge in [-0.05, 0) is 25.0 Å². The Morgan fingerprint density at radius 2 is 2.20 bits per heavy atom. The topological polar surface area (TPSA) is 79.3 Å². The maximum absolute atomic E-state index is 10.7. The molecule has 20 heavy (non-hydrogen) atoms. The monoisotopic (exact) mass is 285 g/mol. The summed E-state index contributed by atoms with van der Waals surface area (Å²) in [5.41, 5.74) is 2.15. The molecule has 0 amide bonds. The largest absolute Gasteiger partial charge is 0.270 e. The summed E-state index contributed by atoms with van der Waals surface area (Å²) in [6.07, 6.45) is 1.54. The lowest BCUT2D eigenvalue weighted by atomic mass is 10.2. The van der Waals surface area contributed by atoms with E-state index < -0.39 is 4.92 Å². The highest BCUT2D eigenvalue weighted by atomic mass is 32.1. The Morgan fingerprint density at radius 1 is 1.45 bits per heavy atom. The molecule has 1 aromatic heterocycles. The van der Waals surface area contributed by atoms with Gasteiger partial charge in [0.15, 0.2) is 0 Å². The molecule has 0 unspecified atom stereocenters. The minimum Gasteiger partial charge on any atom is -0.258 e. The van der Waals surface area contributed by atoms with Crippen LogP contribution in [0.3, 0.4) is 0 Å². The molecule has 100 valence electrons. The zero-order valence-electron chi connectivity index (χ0n) is 11.0. The minimum absolute atomic E-state index is 0.0213. The van der Waals surface area contributed by atoms with Gasteiger partial charge in [-0.15, -0.1) is 11.3 Å². The van der Waals surface area contributed by atoms with Crippen molar-refractivity contribution in [3.8, 4) is 6.07 Å². The van der Waals surface area contributed by atoms with Crippen LogP contribution >= 0.6 is 11.3 Å². The zero-order valence-corrected chi connectivity index (χ0v) is 11.8. The molecule has 2 rings (SSSR count). The van der Waals surface area contributed by atoms with E-state index in [4.69, 9.17) is 5.26 Å². The van der Waals surface area contributed by atoms with Crippen molar-refractivity contribution in [1.29, 1.82) is 5.26 Å². The van der Waals surface area contributed by atoms with Crippen LogP contribution in [0.25, 0.3) is 0 Å². The lowest BCUT2D eigenvalue weighted by molar-refractivity contribution is -0.384. The Balaban J connectivity index is 2.35. The van der Waals surface area contributed by atoms with Gasteiger partial charge in [0.25, 0.3) is 5.69 Å². The summed E-state index contributed by atoms with van der Waals surface area (Å²) in [7, 11) is 0. The first-order valence-electron chi connectivity index (χ1n) is 5.81. The molecule has 0 aliphatic heterocycles. The zero-order chi connectivity index (χ0) is 14.7. The van der Waals surface area contributed by atoms with Crippen molar-refractivity contribution in [3.05, 3.63) is 55.9 Å². The number of non-ortho nitro benzene ring substituents is 1. The van der Waals surface area contributed by atoms with E-state index in [1.54, 1.807) is 18.3 Å². The van der Waals surface area contributed by atoms with Gasteiger partial charge in [0, 0.05) is 23.2 Å². The fourth-order valence-corrected chi connectivity index (χ4v) is 2.63. The van der Waals surface area contributed by atoms with E-state index >= 15 is 0 Å². The number of nitro benzene ring substituents is 1. The van der Waals surface area contributed by atoms with Crippen LogP contribution in [0, 0.1) is 35.3 Å². The van der Waals surface area contributed by atoms with Crippen LogP contribution in [0.5, 0.6) is 0 Å². The Kier molecular flexibility index (Phi) is 3.91. The molecule has 6 heteroatoms. The number of hydrogen-bond acceptors (Lipinski definition) is 5. The number of aliphatic imine (C=N–C) groups is 1. The Labute approximate surface area is 120 Å². The standard InChI is InChI=1S/C14H11N3O2S/c1-9-10(2)20-14(13(9)7-15)16-8-11-4-3-5-12(6-11)17(18)19/h3-6,8H,1-2H3. The third-order valence-corrected chi connectivity index (χ3v) is 4.01. The van der Waals surface area contributed by atoms with Crippen molar-refractivity contribution in [3.63, 3.8) is 0 Å². The van der Waals surface area contributed by atoms with Crippen LogP contribution in [-0.2, 0) is 0 Å². The van der Waals surface area contributed by atoms with Gasteiger partial charge in [0.1, 0.15) is 11.1 Å². The summed E-state index contributed by atoms with van der Waals surface area (Å²) in [4.78, 5) is 15.6. The summed E-state index contributed by atoms with van der Waals surface area (Å²) in [6.45, 7) is 3.82. The van der Waals surface area contributed by atoms with E-state index in [9.17, 15) is 10.1 Å². The first-order chi connectivity index (χ1) is 9.52. The first kappa shape index (κ1) is 13.9. The van der Waals surface area contributed by atoms with E-state index in [1.165, 1.54) is 23.5 Å². The second kappa shape index (κ2) is 5.63. The predicted molar refractivity (Wildman–Crippen MR) is 78.9 cm³/mol. The maximum atomic E-state index is 10.7. The number of hydrogen-bond donors (Lipinski definition) is 0. The van der Waals surface area contributed by atoms with Gasteiger partial charge >= 0.3 is 0 Å². The molecule has 0 radical (unpaired) electrons. The molecule has 0 atom stereocenters. The number of nitro groups is 1. The van der Waals surface area contributed by atoms with Gasteiger partial charge in [-0.1, -0.05) is 12.1 Å². The van der Waals surface area contributed by atoms with Crippen LogP contribution in [0.2, 0.25) is 0 Å². The fraction of sp³-hybridized carbons (Fsp3) is 0.143. The van der Waals surface area contributed by atoms with Crippen LogP contribution in [0.1, 0.15) is 21.6 Å². The average molecular weight is 285 g/mol. The lowest BCUT2D eigenvalue weighted by Crippen LogP contribution is -1.89. The van der Waals surface area contributed by atoms with Gasteiger partial charge in [-0.3, -0.25) is 10.1 Å². The van der Waals surface area contributed by atoms with E-state index in [1.807, 2.05) is 13.8 Å². The van der Waals surface area contributed by atoms with Crippen molar-refractivity contribution < 1.29 is 4.92 Å². The summed E-state index contributed by atoms with van der Waals surface area (Å²) in [6, 6.07) is 8.35. The molecule has 2 aromatic rings. The summed E-state index contributed by atoms with van der Waals surface area (Å²) in [5, 5.41) is 20.4. The average Bonchev–Trinajstić information content (AvgIpc) is 2.71. The molecule has 0 spiro atoms. The van der Waals surface area contributed by atoms with Gasteiger partial charge < -0.3 is 0 Å². The molecule has 0 saturated heterocycles. The molecule has 0 aliphatic rings. The number of aryl methyl sites for hydroxylation is 1. The molecule has 0 fully saturated rings. The Morgan fingerprint density at radius 3 is 2.85 bits per heavy atom. The minimum atomic E-state index is -0.447. The number of nitrogens with zero attached hydrogens (tertiary/aromatic N) is 3. The molecule has 0 aliphatic carbocycles. The van der Waals surface area contributed by atoms with Crippen molar-refractivity contribution in [1.82, 2.24) is 0 Å². The van der Waals surface area contributed by atoms with Gasteiger partial charge in [-0.25, -0.2) is 4.99 Å². The number of thiophene rings is 1. The third kappa shape index (κ3) is 2.73. The highest BCUT2D eigenvalue weighted by Gasteiger charge is 2.11. The lowest BCUT2D eigenvalue weighted by Gasteiger charge is -1.94. The number of rotatable bonds is 3. The van der Waals surface area contributed by atoms with Crippen LogP contribution in [0.4, 0.5) is 10.7 Å². The number of nitriles is 1. The van der Waals surface area contributed by atoms with Crippen LogP contribution in [-0.4, -0.2) is 11.1 Å². The highest BCUT2D eigenvalue weighted by Crippen LogP contribution is 2.33. The Hall–Kier alpha value is -2.52. The van der Waals surface area contributed by atoms with E-state index in [2.05, 4.69) is 11.1 Å². The highest BCUT2D eigenvalue weighted by molar-refractivity contribution is 7.16. The van der Waals surface area contributed by atoms with E-state index in [-0.39, 0.29) is 5.69 Å². The fourth-order valence-electron chi connectivity index (χ4n) is 1.68. The molecule has 0 bridgehead atoms. The van der Waals surface area contributed by atoms with E-state index in [0.717, 1.165) is 10.4 Å². The second-order valence-electron chi connectivity index (χ2n) is 4.19. The third-order valence-electron chi connectivity index (χ3n) is 2.89. The summed E-state index contributed by atoms with van der Waals surface area (Å²) < 4.78 is 0. The predicted octanol–water partition coefficient (Wildman–Crippen LogP) is 3.90. The summed E-state index contributed by atoms with van der Waals surface area (Å²) >= 11 is 1.44. The first-order valence-corrected chi connectivity index (χ1v) is 6.63. The van der Waals surface area contributed by atoms with Crippen LogP contribution < -0.4 is 0 Å². The number of benzene rings is 1. The summed E-state index contributed by atoms with van der Waals surface area (Å²) in [5.74, 6) is 0. The molecule has 1 aromatic carbocycles. The molecule has 0 saturated carbocycles. The quantitative estimate of drug-likeness (QED) is 0.487. The molecule has 5 nitrogen and oxygen atoms in total. The molecular weight excluding hydrogens is 274 g/mol. The van der Waals surface area contributed by atoms with Gasteiger partial charge in [0.2, 0.25) is 0 Å². The van der Waals surface area contributed by atoms with Gasteiger partial charge in [-0.2, -0.15) is 5.26 Å². The Bertz CT molecular complexity index is 741. The molecular formula is C14H11N3O2S. The maximum Gasteiger partial charge on any atom is 0.270 e. The SMILES string of the molecule is Cc1sc(N=Cc2cccc([N+](=O)[O-])c2)c(C#N)c1C. The molecule has 0 N–H and O–H groups in total. The smallest absolute Gasteiger partial charge is 0.258 e. The van der Waals surface area contributed by atoms with Crippen molar-refractivity contribution in [2.24, 2.45) is 4.99 Å².